The number of hydrogen-bond donors (Lipinski definition) is 3. The van der Waals surface area contributed by atoms with Gasteiger partial charge in [0.05, 0.1) is 6.10 Å². The second-order valence-corrected chi connectivity index (χ2v) is 4.87. The first kappa shape index (κ1) is 13.8. The topological polar surface area (TPSA) is 89.9 Å². The van der Waals surface area contributed by atoms with Crippen LogP contribution in [0.1, 0.15) is 20.8 Å². The molecule has 1 fully saturated rings. The molecule has 1 rings (SSSR count). The molecule has 0 aliphatic carbocycles. The van der Waals surface area contributed by atoms with Gasteiger partial charge in [0.25, 0.3) is 0 Å². The number of aliphatic hydroxyl groups excluding tert-OH is 1. The lowest BCUT2D eigenvalue weighted by molar-refractivity contribution is -0.141. The molecule has 17 heavy (non-hydrogen) atoms. The molecule has 1 aliphatic rings. The Morgan fingerprint density at radius 2 is 1.76 bits per heavy atom. The van der Waals surface area contributed by atoms with Crippen LogP contribution in [0.2, 0.25) is 0 Å². The highest BCUT2D eigenvalue weighted by Gasteiger charge is 2.32. The van der Waals surface area contributed by atoms with Gasteiger partial charge in [0.1, 0.15) is 0 Å². The van der Waals surface area contributed by atoms with Gasteiger partial charge in [-0.2, -0.15) is 0 Å². The zero-order chi connectivity index (χ0) is 13.2. The van der Waals surface area contributed by atoms with Crippen LogP contribution in [0.3, 0.4) is 0 Å². The molecule has 0 saturated carbocycles. The molecule has 4 atom stereocenters. The fraction of sp³-hybridized carbons (Fsp3) is 0.818. The number of nitrogens with one attached hydrogen (secondary N) is 1. The Morgan fingerprint density at radius 3 is 2.12 bits per heavy atom. The summed E-state index contributed by atoms with van der Waals surface area (Å²) >= 11 is 0. The molecule has 1 saturated heterocycles. The number of rotatable bonds is 3. The number of amides is 2. The highest BCUT2D eigenvalue weighted by molar-refractivity contribution is 5.83. The van der Waals surface area contributed by atoms with Crippen molar-refractivity contribution in [3.8, 4) is 0 Å². The smallest absolute Gasteiger partial charge is 0.328 e. The van der Waals surface area contributed by atoms with Gasteiger partial charge >= 0.3 is 12.0 Å². The van der Waals surface area contributed by atoms with Crippen molar-refractivity contribution in [2.24, 2.45) is 11.8 Å². The lowest BCUT2D eigenvalue weighted by Crippen LogP contribution is -2.51. The summed E-state index contributed by atoms with van der Waals surface area (Å²) in [6.45, 7) is 6.70. The van der Waals surface area contributed by atoms with E-state index in [1.54, 1.807) is 4.90 Å². The van der Waals surface area contributed by atoms with E-state index >= 15 is 0 Å². The Labute approximate surface area is 101 Å². The highest BCUT2D eigenvalue weighted by Crippen LogP contribution is 2.21. The van der Waals surface area contributed by atoms with Crippen molar-refractivity contribution in [3.05, 3.63) is 0 Å². The molecule has 6 nitrogen and oxygen atoms in total. The van der Waals surface area contributed by atoms with Crippen molar-refractivity contribution >= 4 is 12.0 Å². The molecule has 1 aliphatic heterocycles. The van der Waals surface area contributed by atoms with Crippen molar-refractivity contribution in [2.75, 3.05) is 13.1 Å². The summed E-state index contributed by atoms with van der Waals surface area (Å²) in [5, 5.41) is 20.4. The number of likely N-dealkylation sites (tertiary alicyclic amines) is 1. The number of nitrogens with zero attached hydrogens (tertiary/aromatic N) is 1. The third-order valence-electron chi connectivity index (χ3n) is 3.30. The number of hydrogen-bond acceptors (Lipinski definition) is 3. The first-order valence-electron chi connectivity index (χ1n) is 5.79. The monoisotopic (exact) mass is 244 g/mol. The van der Waals surface area contributed by atoms with Crippen LogP contribution in [0.4, 0.5) is 4.79 Å². The average molecular weight is 244 g/mol. The SMILES string of the molecule is CC(O)C(NC(=O)N1CC(C)C(C)C1)C(=O)O. The molecule has 4 unspecified atom stereocenters. The number of carbonyl (C=O) groups is 2. The molecule has 6 heteroatoms. The molecule has 0 aromatic rings. The van der Waals surface area contributed by atoms with E-state index in [0.29, 0.717) is 24.9 Å². The van der Waals surface area contributed by atoms with Crippen LogP contribution in [0, 0.1) is 11.8 Å². The standard InChI is InChI=1S/C11H20N2O4/c1-6-4-13(5-7(6)2)11(17)12-9(8(3)14)10(15)16/h6-9,14H,4-5H2,1-3H3,(H,12,17)(H,15,16). The predicted molar refractivity (Wildman–Crippen MR) is 61.5 cm³/mol. The van der Waals surface area contributed by atoms with Gasteiger partial charge in [-0.15, -0.1) is 0 Å². The largest absolute Gasteiger partial charge is 0.480 e. The summed E-state index contributed by atoms with van der Waals surface area (Å²) in [4.78, 5) is 24.2. The van der Waals surface area contributed by atoms with E-state index in [-0.39, 0.29) is 0 Å². The summed E-state index contributed by atoms with van der Waals surface area (Å²) in [6.07, 6.45) is -1.12. The Morgan fingerprint density at radius 1 is 1.29 bits per heavy atom. The number of carboxylic acids is 1. The number of carbonyl (C=O) groups excluding carboxylic acids is 1. The summed E-state index contributed by atoms with van der Waals surface area (Å²) in [5.41, 5.74) is 0. The summed E-state index contributed by atoms with van der Waals surface area (Å²) < 4.78 is 0. The van der Waals surface area contributed by atoms with Crippen molar-refractivity contribution in [3.63, 3.8) is 0 Å². The number of aliphatic carboxylic acids is 1. The van der Waals surface area contributed by atoms with E-state index < -0.39 is 24.1 Å². The summed E-state index contributed by atoms with van der Waals surface area (Å²) in [7, 11) is 0. The van der Waals surface area contributed by atoms with Crippen LogP contribution in [0.5, 0.6) is 0 Å². The molecule has 1 heterocycles. The predicted octanol–water partition coefficient (Wildman–Crippen LogP) is 0.118. The van der Waals surface area contributed by atoms with Crippen LogP contribution >= 0.6 is 0 Å². The molecule has 98 valence electrons. The fourth-order valence-corrected chi connectivity index (χ4v) is 1.91. The van der Waals surface area contributed by atoms with Gasteiger partial charge in [0.15, 0.2) is 6.04 Å². The number of aliphatic hydroxyl groups is 1. The van der Waals surface area contributed by atoms with E-state index in [4.69, 9.17) is 5.11 Å². The van der Waals surface area contributed by atoms with Crippen molar-refractivity contribution < 1.29 is 19.8 Å². The summed E-state index contributed by atoms with van der Waals surface area (Å²) in [5.74, 6) is -0.403. The minimum absolute atomic E-state index is 0.413. The van der Waals surface area contributed by atoms with Gasteiger partial charge in [-0.05, 0) is 18.8 Å². The quantitative estimate of drug-likeness (QED) is 0.657. The molecule has 2 amide bonds. The van der Waals surface area contributed by atoms with Gasteiger partial charge in [-0.3, -0.25) is 0 Å². The van der Waals surface area contributed by atoms with Crippen LogP contribution < -0.4 is 5.32 Å². The van der Waals surface area contributed by atoms with Gasteiger partial charge < -0.3 is 20.4 Å². The minimum Gasteiger partial charge on any atom is -0.480 e. The lowest BCUT2D eigenvalue weighted by Gasteiger charge is -2.22. The molecule has 3 N–H and O–H groups in total. The maximum Gasteiger partial charge on any atom is 0.328 e. The zero-order valence-electron chi connectivity index (χ0n) is 10.4. The second-order valence-electron chi connectivity index (χ2n) is 4.87. The highest BCUT2D eigenvalue weighted by atomic mass is 16.4. The Balaban J connectivity index is 2.57. The normalized spacial score (nSPS) is 27.6. The van der Waals surface area contributed by atoms with E-state index in [0.717, 1.165) is 0 Å². The van der Waals surface area contributed by atoms with Crippen molar-refractivity contribution in [1.82, 2.24) is 10.2 Å². The van der Waals surface area contributed by atoms with Crippen molar-refractivity contribution in [2.45, 2.75) is 32.9 Å². The van der Waals surface area contributed by atoms with Crippen molar-refractivity contribution in [1.29, 1.82) is 0 Å². The number of urea groups is 1. The number of carboxylic acid groups (broad SMARTS) is 1. The van der Waals surface area contributed by atoms with E-state index in [9.17, 15) is 14.7 Å². The molecular formula is C11H20N2O4. The summed E-state index contributed by atoms with van der Waals surface area (Å²) in [6, 6.07) is -1.68. The first-order valence-corrected chi connectivity index (χ1v) is 5.79. The van der Waals surface area contributed by atoms with Crippen LogP contribution in [0.25, 0.3) is 0 Å². The fourth-order valence-electron chi connectivity index (χ4n) is 1.91. The zero-order valence-corrected chi connectivity index (χ0v) is 10.4. The molecule has 0 aromatic carbocycles. The maximum atomic E-state index is 11.8. The molecule has 0 spiro atoms. The van der Waals surface area contributed by atoms with Gasteiger partial charge in [0.2, 0.25) is 0 Å². The second kappa shape index (κ2) is 5.35. The van der Waals surface area contributed by atoms with E-state index in [2.05, 4.69) is 19.2 Å². The van der Waals surface area contributed by atoms with Crippen LogP contribution in [-0.2, 0) is 4.79 Å². The van der Waals surface area contributed by atoms with Gasteiger partial charge in [-0.25, -0.2) is 9.59 Å². The van der Waals surface area contributed by atoms with Gasteiger partial charge in [0, 0.05) is 13.1 Å². The lowest BCUT2D eigenvalue weighted by atomic mass is 10.0. The van der Waals surface area contributed by atoms with Crippen LogP contribution in [0.15, 0.2) is 0 Å². The van der Waals surface area contributed by atoms with E-state index in [1.807, 2.05) is 0 Å². The Hall–Kier alpha value is -1.30. The van der Waals surface area contributed by atoms with E-state index in [1.165, 1.54) is 6.92 Å². The molecule has 0 aromatic heterocycles. The third kappa shape index (κ3) is 3.33. The van der Waals surface area contributed by atoms with Gasteiger partial charge in [-0.1, -0.05) is 13.8 Å². The Bertz CT molecular complexity index is 296. The molecule has 0 bridgehead atoms. The minimum atomic E-state index is -1.26. The third-order valence-corrected chi connectivity index (χ3v) is 3.30. The molecule has 0 radical (unpaired) electrons. The van der Waals surface area contributed by atoms with Crippen LogP contribution in [-0.4, -0.2) is 52.3 Å². The first-order chi connectivity index (χ1) is 7.82. The average Bonchev–Trinajstić information content (AvgIpc) is 2.54. The maximum absolute atomic E-state index is 11.8. The Kier molecular flexibility index (Phi) is 4.34. The molecular weight excluding hydrogens is 224 g/mol.